The molecule has 1 heterocycles. The molecule has 4 atom stereocenters. The Morgan fingerprint density at radius 1 is 0.797 bits per heavy atom. The molecule has 0 fully saturated rings. The third-order valence-corrected chi connectivity index (χ3v) is 9.88. The fourth-order valence-corrected chi connectivity index (χ4v) is 6.88. The number of nitrogens with zero attached hydrogens (tertiary/aromatic N) is 2. The molecule has 0 radical (unpaired) electrons. The number of anilines is 1. The van der Waals surface area contributed by atoms with Crippen molar-refractivity contribution in [1.29, 1.82) is 0 Å². The predicted octanol–water partition coefficient (Wildman–Crippen LogP) is 4.77. The van der Waals surface area contributed by atoms with Gasteiger partial charge in [0.05, 0.1) is 30.3 Å². The summed E-state index contributed by atoms with van der Waals surface area (Å²) in [5.74, 6) is -2.00. The highest BCUT2D eigenvalue weighted by atomic mass is 16.5. The van der Waals surface area contributed by atoms with Crippen LogP contribution in [0.5, 0.6) is 0 Å². The van der Waals surface area contributed by atoms with Crippen LogP contribution in [0.4, 0.5) is 10.5 Å². The van der Waals surface area contributed by atoms with Crippen molar-refractivity contribution in [3.05, 3.63) is 126 Å². The molecule has 1 aliphatic heterocycles. The Labute approximate surface area is 345 Å². The highest BCUT2D eigenvalue weighted by molar-refractivity contribution is 5.96. The number of hydrogen-bond acceptors (Lipinski definition) is 9. The highest BCUT2D eigenvalue weighted by Gasteiger charge is 2.34. The van der Waals surface area contributed by atoms with Crippen LogP contribution in [0.3, 0.4) is 0 Å². The Morgan fingerprint density at radius 3 is 2.14 bits per heavy atom. The molecule has 4 aromatic carbocycles. The van der Waals surface area contributed by atoms with Crippen molar-refractivity contribution >= 4 is 46.2 Å². The Morgan fingerprint density at radius 2 is 1.44 bits per heavy atom. The summed E-state index contributed by atoms with van der Waals surface area (Å²) in [7, 11) is 0. The molecule has 7 N–H and O–H groups in total. The minimum atomic E-state index is -1.35. The first-order valence-electron chi connectivity index (χ1n) is 20.0. The number of aryl methyl sites for hydroxylation is 1. The topological polar surface area (TPSA) is 195 Å². The molecule has 5 rings (SSSR count). The number of carbonyl (C=O) groups is 5. The zero-order valence-electron chi connectivity index (χ0n) is 33.8. The first-order valence-corrected chi connectivity index (χ1v) is 20.0. The Kier molecular flexibility index (Phi) is 16.0. The van der Waals surface area contributed by atoms with Crippen LogP contribution in [0.15, 0.2) is 115 Å². The molecule has 0 saturated carbocycles. The monoisotopic (exact) mass is 805 g/mol. The molecule has 59 heavy (non-hydrogen) atoms. The van der Waals surface area contributed by atoms with Crippen molar-refractivity contribution in [2.45, 2.75) is 90.1 Å². The first-order chi connectivity index (χ1) is 28.4. The lowest BCUT2D eigenvalue weighted by Crippen LogP contribution is -2.54. The molecule has 0 aromatic heterocycles. The molecule has 0 bridgehead atoms. The van der Waals surface area contributed by atoms with Gasteiger partial charge in [0.1, 0.15) is 19.3 Å². The molecule has 0 aliphatic carbocycles. The second kappa shape index (κ2) is 21.5. The summed E-state index contributed by atoms with van der Waals surface area (Å²) in [5, 5.41) is 18.8. The van der Waals surface area contributed by atoms with E-state index in [1.54, 1.807) is 25.3 Å². The third-order valence-electron chi connectivity index (χ3n) is 9.88. The predicted molar refractivity (Wildman–Crippen MR) is 226 cm³/mol. The van der Waals surface area contributed by atoms with Crippen LogP contribution in [0.1, 0.15) is 64.0 Å². The normalized spacial score (nSPS) is 14.5. The second-order valence-corrected chi connectivity index (χ2v) is 15.2. The van der Waals surface area contributed by atoms with Gasteiger partial charge in [-0.3, -0.25) is 34.9 Å². The zero-order valence-corrected chi connectivity index (χ0v) is 33.8. The van der Waals surface area contributed by atoms with Gasteiger partial charge >= 0.3 is 6.09 Å². The number of rotatable bonds is 18. The summed E-state index contributed by atoms with van der Waals surface area (Å²) < 4.78 is 5.51. The van der Waals surface area contributed by atoms with Gasteiger partial charge in [0.2, 0.25) is 23.6 Å². The smallest absolute Gasteiger partial charge is 0.408 e. The minimum Gasteiger partial charge on any atom is -0.445 e. The molecule has 14 heteroatoms. The lowest BCUT2D eigenvalue weighted by molar-refractivity contribution is -0.131. The number of carbonyl (C=O) groups excluding carboxylic acids is 5. The van der Waals surface area contributed by atoms with Crippen LogP contribution in [-0.4, -0.2) is 70.6 Å². The Balaban J connectivity index is 1.32. The quantitative estimate of drug-likeness (QED) is 0.0768. The number of ether oxygens (including phenoxy) is 1. The number of amides is 5. The van der Waals surface area contributed by atoms with E-state index in [2.05, 4.69) is 21.5 Å². The molecule has 312 valence electrons. The van der Waals surface area contributed by atoms with E-state index in [0.717, 1.165) is 27.6 Å². The van der Waals surface area contributed by atoms with Gasteiger partial charge in [-0.2, -0.15) is 0 Å². The van der Waals surface area contributed by atoms with Gasteiger partial charge in [-0.15, -0.1) is 0 Å². The van der Waals surface area contributed by atoms with E-state index in [4.69, 9.17) is 10.5 Å². The van der Waals surface area contributed by atoms with E-state index < -0.39 is 48.6 Å². The molecule has 1 aliphatic rings. The SMILES string of the molecule is CC(C)C[C@H](NC(=O)[C@@H](CC1=CN(C(=O)[C@H](C)N)CN1c1cccc2ccccc12)NC(=O)OCc1ccccc1)[C@@H](O)CC(=O)NNC(=O)CCCc1ccccc1. The Bertz CT molecular complexity index is 2070. The van der Waals surface area contributed by atoms with Gasteiger partial charge in [0, 0.05) is 30.1 Å². The van der Waals surface area contributed by atoms with Crippen LogP contribution in [0.25, 0.3) is 10.8 Å². The summed E-state index contributed by atoms with van der Waals surface area (Å²) in [6, 6.07) is 29.5. The Hall–Kier alpha value is -6.25. The number of nitrogens with one attached hydrogen (secondary N) is 4. The van der Waals surface area contributed by atoms with Crippen LogP contribution < -0.4 is 32.1 Å². The molecule has 0 saturated heterocycles. The first kappa shape index (κ1) is 43.9. The van der Waals surface area contributed by atoms with Crippen molar-refractivity contribution in [2.24, 2.45) is 11.7 Å². The fourth-order valence-electron chi connectivity index (χ4n) is 6.88. The molecular weight excluding hydrogens is 751 g/mol. The summed E-state index contributed by atoms with van der Waals surface area (Å²) in [5.41, 5.74) is 13.9. The van der Waals surface area contributed by atoms with Gasteiger partial charge in [0.25, 0.3) is 0 Å². The number of aliphatic hydroxyl groups is 1. The van der Waals surface area contributed by atoms with Crippen molar-refractivity contribution in [2.75, 3.05) is 11.6 Å². The van der Waals surface area contributed by atoms with Crippen LogP contribution >= 0.6 is 0 Å². The summed E-state index contributed by atoms with van der Waals surface area (Å²) >= 11 is 0. The number of fused-ring (bicyclic) bond motifs is 1. The summed E-state index contributed by atoms with van der Waals surface area (Å²) in [6.45, 7) is 5.49. The van der Waals surface area contributed by atoms with Gasteiger partial charge in [-0.1, -0.05) is 111 Å². The van der Waals surface area contributed by atoms with E-state index in [0.29, 0.717) is 25.0 Å². The number of benzene rings is 4. The largest absolute Gasteiger partial charge is 0.445 e. The molecule has 0 spiro atoms. The summed E-state index contributed by atoms with van der Waals surface area (Å²) in [4.78, 5) is 69.6. The average Bonchev–Trinajstić information content (AvgIpc) is 3.65. The molecule has 4 aromatic rings. The minimum absolute atomic E-state index is 0.0122. The van der Waals surface area contributed by atoms with Crippen molar-refractivity contribution in [1.82, 2.24) is 26.4 Å². The molecule has 14 nitrogen and oxygen atoms in total. The van der Waals surface area contributed by atoms with Gasteiger partial charge < -0.3 is 31.1 Å². The van der Waals surface area contributed by atoms with Gasteiger partial charge in [-0.25, -0.2) is 4.79 Å². The second-order valence-electron chi connectivity index (χ2n) is 15.2. The molecule has 5 amide bonds. The van der Waals surface area contributed by atoms with Crippen molar-refractivity contribution in [3.63, 3.8) is 0 Å². The van der Waals surface area contributed by atoms with Crippen molar-refractivity contribution in [3.8, 4) is 0 Å². The standard InChI is InChI=1S/C45H55N7O7/c1-30(2)24-37(40(53)26-42(55)50-49-41(54)23-12-18-32-14-6-4-7-15-32)47-43(56)38(48-45(58)59-28-33-16-8-5-9-17-33)25-35-27-51(44(57)31(3)46)29-52(35)39-22-13-20-34-19-10-11-21-36(34)39/h4-11,13-17,19-22,27,30-31,37-38,40,53H,12,18,23-26,28-29,46H2,1-3H3,(H,47,56)(H,48,58)(H,49,54)(H,50,55)/t31-,37-,38+,40-/m0/s1. The average molecular weight is 806 g/mol. The number of aliphatic hydroxyl groups excluding tert-OH is 1. The number of hydrazine groups is 1. The van der Waals surface area contributed by atoms with Crippen LogP contribution in [-0.2, 0) is 36.9 Å². The summed E-state index contributed by atoms with van der Waals surface area (Å²) in [6.07, 6.45) is 0.698. The number of nitrogens with two attached hydrogens (primary N) is 1. The zero-order chi connectivity index (χ0) is 42.3. The van der Waals surface area contributed by atoms with E-state index >= 15 is 0 Å². The maximum absolute atomic E-state index is 14.3. The van der Waals surface area contributed by atoms with E-state index in [1.165, 1.54) is 4.90 Å². The van der Waals surface area contributed by atoms with Crippen LogP contribution in [0, 0.1) is 5.92 Å². The molecule has 0 unspecified atom stereocenters. The lowest BCUT2D eigenvalue weighted by Gasteiger charge is -2.30. The van der Waals surface area contributed by atoms with E-state index in [-0.39, 0.29) is 43.8 Å². The lowest BCUT2D eigenvalue weighted by atomic mass is 9.96. The van der Waals surface area contributed by atoms with Crippen LogP contribution in [0.2, 0.25) is 0 Å². The third kappa shape index (κ3) is 13.1. The van der Waals surface area contributed by atoms with Gasteiger partial charge in [0.15, 0.2) is 0 Å². The van der Waals surface area contributed by atoms with Crippen molar-refractivity contribution < 1.29 is 33.8 Å². The maximum atomic E-state index is 14.3. The van der Waals surface area contributed by atoms with Gasteiger partial charge in [-0.05, 0) is 54.7 Å². The molecular formula is C45H55N7O7. The number of hydrogen-bond donors (Lipinski definition) is 6. The number of alkyl carbamates (subject to hydrolysis) is 1. The van der Waals surface area contributed by atoms with E-state index in [9.17, 15) is 29.1 Å². The van der Waals surface area contributed by atoms with E-state index in [1.807, 2.05) is 110 Å². The highest BCUT2D eigenvalue weighted by Crippen LogP contribution is 2.34. The maximum Gasteiger partial charge on any atom is 0.408 e. The fraction of sp³-hybridized carbons (Fsp3) is 0.356.